The van der Waals surface area contributed by atoms with E-state index < -0.39 is 47.7 Å². The second-order valence-electron chi connectivity index (χ2n) is 12.8. The van der Waals surface area contributed by atoms with Crippen LogP contribution in [0.4, 0.5) is 0 Å². The second-order valence-corrected chi connectivity index (χ2v) is 12.8. The highest BCUT2D eigenvalue weighted by Crippen LogP contribution is 2.59. The van der Waals surface area contributed by atoms with E-state index in [2.05, 4.69) is 20.1 Å². The average molecular weight is 638 g/mol. The summed E-state index contributed by atoms with van der Waals surface area (Å²) in [5.74, 6) is -2.98. The Balaban J connectivity index is 1.65. The van der Waals surface area contributed by atoms with E-state index in [-0.39, 0.29) is 37.3 Å². The van der Waals surface area contributed by atoms with Gasteiger partial charge in [-0.25, -0.2) is 0 Å². The number of esters is 1. The molecule has 0 unspecified atom stereocenters. The fourth-order valence-corrected chi connectivity index (χ4v) is 7.48. The number of likely N-dealkylation sites (N-methyl/N-ethyl adjacent to an activating group) is 1. The molecule has 1 aromatic carbocycles. The summed E-state index contributed by atoms with van der Waals surface area (Å²) in [4.78, 5) is 60.6. The van der Waals surface area contributed by atoms with Gasteiger partial charge in [0.25, 0.3) is 0 Å². The molecule has 0 saturated carbocycles. The minimum Gasteiger partial charge on any atom is -0.455 e. The number of hydrogen-bond acceptors (Lipinski definition) is 7. The number of nitrogens with zero attached hydrogens (tertiary/aromatic N) is 3. The lowest BCUT2D eigenvalue weighted by Crippen LogP contribution is -2.56. The van der Waals surface area contributed by atoms with Gasteiger partial charge in [-0.3, -0.25) is 19.2 Å². The monoisotopic (exact) mass is 637 g/mol. The van der Waals surface area contributed by atoms with Crippen molar-refractivity contribution in [2.45, 2.75) is 95.1 Å². The molecule has 3 aliphatic rings. The molecular weight excluding hydrogens is 586 g/mol. The summed E-state index contributed by atoms with van der Waals surface area (Å²) in [5.41, 5.74) is -0.430. The first-order valence-corrected chi connectivity index (χ1v) is 16.8. The van der Waals surface area contributed by atoms with Crippen molar-refractivity contribution in [3.05, 3.63) is 61.2 Å². The lowest BCUT2D eigenvalue weighted by Gasteiger charge is -2.37. The number of amides is 3. The highest BCUT2D eigenvalue weighted by molar-refractivity contribution is 5.98. The maximum Gasteiger partial charge on any atom is 0.313 e. The topological polar surface area (TPSA) is 117 Å². The van der Waals surface area contributed by atoms with Crippen LogP contribution in [-0.2, 0) is 28.7 Å². The van der Waals surface area contributed by atoms with Gasteiger partial charge in [0, 0.05) is 39.7 Å². The van der Waals surface area contributed by atoms with Crippen LogP contribution in [0.2, 0.25) is 0 Å². The molecule has 1 spiro atoms. The number of allylic oxidation sites excluding steroid dienone is 1. The number of fused-ring (bicyclic) bond motifs is 1. The Morgan fingerprint density at radius 3 is 2.57 bits per heavy atom. The number of unbranched alkanes of at least 4 members (excludes halogenated alkanes) is 2. The zero-order valence-corrected chi connectivity index (χ0v) is 27.6. The molecule has 3 aliphatic heterocycles. The molecule has 3 heterocycles. The van der Waals surface area contributed by atoms with Gasteiger partial charge in [-0.2, -0.15) is 0 Å². The third-order valence-corrected chi connectivity index (χ3v) is 9.93. The van der Waals surface area contributed by atoms with Crippen LogP contribution in [0.15, 0.2) is 55.6 Å². The number of carbonyl (C=O) groups is 4. The first kappa shape index (κ1) is 35.4. The number of ether oxygens (including phenoxy) is 2. The van der Waals surface area contributed by atoms with E-state index >= 15 is 0 Å². The molecule has 2 bridgehead atoms. The maximum absolute atomic E-state index is 14.3. The minimum absolute atomic E-state index is 0.0959. The summed E-state index contributed by atoms with van der Waals surface area (Å²) >= 11 is 0. The van der Waals surface area contributed by atoms with Gasteiger partial charge >= 0.3 is 5.97 Å². The van der Waals surface area contributed by atoms with E-state index in [4.69, 9.17) is 9.47 Å². The fraction of sp³-hybridized carbons (Fsp3) is 0.611. The van der Waals surface area contributed by atoms with Crippen LogP contribution in [0.1, 0.15) is 76.9 Å². The number of rotatable bonds is 18. The largest absolute Gasteiger partial charge is 0.455 e. The molecule has 10 heteroatoms. The van der Waals surface area contributed by atoms with E-state index in [1.54, 1.807) is 29.0 Å². The van der Waals surface area contributed by atoms with Crippen molar-refractivity contribution in [2.75, 3.05) is 33.3 Å². The van der Waals surface area contributed by atoms with Crippen molar-refractivity contribution in [1.29, 1.82) is 0 Å². The normalized spacial score (nSPS) is 25.9. The van der Waals surface area contributed by atoms with Gasteiger partial charge in [0.05, 0.1) is 24.0 Å². The fourth-order valence-electron chi connectivity index (χ4n) is 7.48. The highest BCUT2D eigenvalue weighted by atomic mass is 16.6. The zero-order valence-electron chi connectivity index (χ0n) is 27.6. The Kier molecular flexibility index (Phi) is 12.2. The predicted molar refractivity (Wildman–Crippen MR) is 174 cm³/mol. The Hall–Kier alpha value is -3.50. The lowest BCUT2D eigenvalue weighted by molar-refractivity contribution is -0.164. The number of aliphatic hydroxyl groups is 1. The van der Waals surface area contributed by atoms with Crippen molar-refractivity contribution in [1.82, 2.24) is 14.7 Å². The van der Waals surface area contributed by atoms with E-state index in [1.807, 2.05) is 37.3 Å². The van der Waals surface area contributed by atoms with Gasteiger partial charge in [0.2, 0.25) is 17.7 Å². The molecular formula is C36H51N3O7. The number of aliphatic hydroxyl groups excluding tert-OH is 1. The van der Waals surface area contributed by atoms with Crippen molar-refractivity contribution in [2.24, 2.45) is 11.8 Å². The van der Waals surface area contributed by atoms with Crippen LogP contribution in [-0.4, -0.2) is 101 Å². The molecule has 46 heavy (non-hydrogen) atoms. The molecule has 10 nitrogen and oxygen atoms in total. The van der Waals surface area contributed by atoms with E-state index in [9.17, 15) is 24.3 Å². The standard InChI is InChI=1S/C36H51N3O7/c1-6-9-14-22-38(21-8-3)34(43)32-36-20-19-27(46-36)29(30(36)33(42)39(32)23-15-24-40)35(44)45-31(26-16-12-11-13-17-26)25(4)37(5)28(41)18-10-7-2/h7-8,11-13,16-17,25,27,29-32,40H,2-3,6,9-10,14-15,18-24H2,1,4-5H3/t25-,27+,29-,30-,31+,32+,36-/m1/s1. The molecule has 0 aromatic heterocycles. The quantitative estimate of drug-likeness (QED) is 0.147. The molecule has 252 valence electrons. The van der Waals surface area contributed by atoms with Crippen LogP contribution in [0, 0.1) is 11.8 Å². The first-order valence-electron chi connectivity index (χ1n) is 16.8. The number of carbonyl (C=O) groups excluding carboxylic acids is 4. The van der Waals surface area contributed by atoms with Crippen LogP contribution in [0.3, 0.4) is 0 Å². The summed E-state index contributed by atoms with van der Waals surface area (Å²) < 4.78 is 12.9. The smallest absolute Gasteiger partial charge is 0.313 e. The zero-order chi connectivity index (χ0) is 33.4. The highest BCUT2D eigenvalue weighted by Gasteiger charge is 2.75. The van der Waals surface area contributed by atoms with Gasteiger partial charge in [-0.15, -0.1) is 13.2 Å². The van der Waals surface area contributed by atoms with E-state index in [0.29, 0.717) is 38.8 Å². The molecule has 1 N–H and O–H groups in total. The van der Waals surface area contributed by atoms with Crippen molar-refractivity contribution in [3.8, 4) is 0 Å². The van der Waals surface area contributed by atoms with Crippen LogP contribution < -0.4 is 0 Å². The van der Waals surface area contributed by atoms with Gasteiger partial charge in [0.15, 0.2) is 0 Å². The SMILES string of the molecule is C=CCCC(=O)N(C)[C@H](C)[C@H](OC(=O)[C@@H]1[C@@H]2CC[C@]3(O2)[C@H](C(=O)N(CC=C)CCCCC)N(CCCO)C(=O)[C@@H]13)c1ccccc1. The summed E-state index contributed by atoms with van der Waals surface area (Å²) in [7, 11) is 1.70. The number of benzene rings is 1. The summed E-state index contributed by atoms with van der Waals surface area (Å²) in [6.07, 6.45) is 6.93. The molecule has 0 radical (unpaired) electrons. The van der Waals surface area contributed by atoms with Gasteiger partial charge in [-0.1, -0.05) is 62.2 Å². The predicted octanol–water partition coefficient (Wildman–Crippen LogP) is 4.05. The lowest BCUT2D eigenvalue weighted by atomic mass is 9.70. The molecule has 3 fully saturated rings. The molecule has 4 rings (SSSR count). The van der Waals surface area contributed by atoms with Crippen LogP contribution in [0.5, 0.6) is 0 Å². The summed E-state index contributed by atoms with van der Waals surface area (Å²) in [6.45, 7) is 12.4. The number of likely N-dealkylation sites (tertiary alicyclic amines) is 1. The van der Waals surface area contributed by atoms with E-state index in [0.717, 1.165) is 24.8 Å². The summed E-state index contributed by atoms with van der Waals surface area (Å²) in [5, 5.41) is 9.65. The van der Waals surface area contributed by atoms with Crippen molar-refractivity contribution in [3.63, 3.8) is 0 Å². The molecule has 1 aromatic rings. The first-order chi connectivity index (χ1) is 22.2. The van der Waals surface area contributed by atoms with Crippen molar-refractivity contribution < 1.29 is 33.8 Å². The van der Waals surface area contributed by atoms with Gasteiger partial charge < -0.3 is 29.3 Å². The minimum atomic E-state index is -1.16. The Labute approximate surface area is 273 Å². The van der Waals surface area contributed by atoms with Gasteiger partial charge in [0.1, 0.15) is 17.7 Å². The van der Waals surface area contributed by atoms with Gasteiger partial charge in [-0.05, 0) is 44.6 Å². The van der Waals surface area contributed by atoms with Crippen LogP contribution in [0.25, 0.3) is 0 Å². The Bertz CT molecular complexity index is 1260. The summed E-state index contributed by atoms with van der Waals surface area (Å²) in [6, 6.07) is 7.88. The molecule has 7 atom stereocenters. The average Bonchev–Trinajstić information content (AvgIpc) is 3.71. The molecule has 0 aliphatic carbocycles. The third kappa shape index (κ3) is 6.93. The van der Waals surface area contributed by atoms with E-state index in [1.165, 1.54) is 4.90 Å². The van der Waals surface area contributed by atoms with Crippen molar-refractivity contribution >= 4 is 23.7 Å². The molecule has 3 amide bonds. The molecule has 3 saturated heterocycles. The second kappa shape index (κ2) is 15.9. The van der Waals surface area contributed by atoms with Crippen LogP contribution >= 0.6 is 0 Å². The maximum atomic E-state index is 14.3. The Morgan fingerprint density at radius 1 is 1.17 bits per heavy atom. The number of hydrogen-bond donors (Lipinski definition) is 1. The third-order valence-electron chi connectivity index (χ3n) is 9.93. The Morgan fingerprint density at radius 2 is 1.91 bits per heavy atom.